The number of fused-ring (bicyclic) bond motifs is 3. The summed E-state index contributed by atoms with van der Waals surface area (Å²) in [5.74, 6) is -0.0718. The highest BCUT2D eigenvalue weighted by molar-refractivity contribution is 7.99. The van der Waals surface area contributed by atoms with Gasteiger partial charge in [0.2, 0.25) is 0 Å². The maximum Gasteiger partial charge on any atom is 0.267 e. The van der Waals surface area contributed by atoms with Crippen molar-refractivity contribution in [2.75, 3.05) is 5.75 Å². The van der Waals surface area contributed by atoms with Crippen molar-refractivity contribution >= 4 is 44.9 Å². The number of benzene rings is 2. The van der Waals surface area contributed by atoms with Crippen molar-refractivity contribution in [3.05, 3.63) is 81.0 Å². The van der Waals surface area contributed by atoms with Crippen molar-refractivity contribution in [2.45, 2.75) is 37.8 Å². The Balaban J connectivity index is 1.42. The van der Waals surface area contributed by atoms with Crippen LogP contribution in [0.1, 0.15) is 35.8 Å². The van der Waals surface area contributed by atoms with Gasteiger partial charge in [-0.3, -0.25) is 14.2 Å². The molecule has 1 amide bonds. The molecule has 0 unspecified atom stereocenters. The molecular weight excluding hydrogens is 480 g/mol. The first-order valence-corrected chi connectivity index (χ1v) is 13.2. The Kier molecular flexibility index (Phi) is 6.70. The summed E-state index contributed by atoms with van der Waals surface area (Å²) >= 11 is 2.82. The van der Waals surface area contributed by atoms with Crippen molar-refractivity contribution in [3.63, 3.8) is 0 Å². The molecule has 0 fully saturated rings. The van der Waals surface area contributed by atoms with Crippen LogP contribution in [0.2, 0.25) is 0 Å². The molecule has 2 N–H and O–H groups in total. The van der Waals surface area contributed by atoms with E-state index in [9.17, 15) is 14.7 Å². The summed E-state index contributed by atoms with van der Waals surface area (Å²) in [6.45, 7) is 1.78. The predicted molar refractivity (Wildman–Crippen MR) is 141 cm³/mol. The van der Waals surface area contributed by atoms with Crippen molar-refractivity contribution in [1.82, 2.24) is 15.0 Å². The molecule has 5 rings (SSSR count). The summed E-state index contributed by atoms with van der Waals surface area (Å²) in [6.07, 6.45) is 4.13. The standard InChI is InChI=1S/C26H24N4O3S2/c1-16(17-11-13-19(31)14-12-17)28-29-22(32)15-34-26-27-24-23(20-9-5-6-10-21(20)35-24)25(33)30(26)18-7-3-2-4-8-18/h2-4,7-8,11-14,31H,5-6,9-10,15H2,1H3,(H,29,32)/b28-16-. The van der Waals surface area contributed by atoms with Gasteiger partial charge in [0.25, 0.3) is 11.5 Å². The van der Waals surface area contributed by atoms with E-state index in [2.05, 4.69) is 10.5 Å². The van der Waals surface area contributed by atoms with Gasteiger partial charge in [-0.25, -0.2) is 10.4 Å². The topological polar surface area (TPSA) is 96.6 Å². The Morgan fingerprint density at radius 3 is 2.66 bits per heavy atom. The minimum absolute atomic E-state index is 0.0578. The first-order chi connectivity index (χ1) is 17.0. The first-order valence-electron chi connectivity index (χ1n) is 11.4. The van der Waals surface area contributed by atoms with Gasteiger partial charge in [0.15, 0.2) is 5.16 Å². The highest BCUT2D eigenvalue weighted by atomic mass is 32.2. The number of nitrogens with zero attached hydrogens (tertiary/aromatic N) is 3. The third-order valence-electron chi connectivity index (χ3n) is 5.94. The number of amides is 1. The van der Waals surface area contributed by atoms with Crippen LogP contribution in [-0.2, 0) is 17.6 Å². The maximum absolute atomic E-state index is 13.7. The zero-order valence-electron chi connectivity index (χ0n) is 19.2. The molecule has 178 valence electrons. The molecule has 9 heteroatoms. The van der Waals surface area contributed by atoms with E-state index in [4.69, 9.17) is 4.98 Å². The summed E-state index contributed by atoms with van der Waals surface area (Å²) in [6, 6.07) is 16.0. The summed E-state index contributed by atoms with van der Waals surface area (Å²) in [5, 5.41) is 14.8. The normalized spacial score (nSPS) is 13.6. The SMILES string of the molecule is C/C(=N/NC(=O)CSc1nc2sc3c(c2c(=O)n1-c1ccccc1)CCCC3)c1ccc(O)cc1. The molecule has 0 aliphatic heterocycles. The van der Waals surface area contributed by atoms with Crippen molar-refractivity contribution in [3.8, 4) is 11.4 Å². The van der Waals surface area contributed by atoms with Gasteiger partial charge < -0.3 is 5.11 Å². The van der Waals surface area contributed by atoms with E-state index in [1.54, 1.807) is 47.1 Å². The van der Waals surface area contributed by atoms with Crippen molar-refractivity contribution < 1.29 is 9.90 Å². The molecule has 4 aromatic rings. The molecule has 0 spiro atoms. The third-order valence-corrected chi connectivity index (χ3v) is 8.06. The van der Waals surface area contributed by atoms with E-state index >= 15 is 0 Å². The number of hydrazone groups is 1. The number of thiophene rings is 1. The van der Waals surface area contributed by atoms with E-state index in [1.165, 1.54) is 16.6 Å². The molecule has 1 aliphatic carbocycles. The molecule has 2 heterocycles. The van der Waals surface area contributed by atoms with E-state index in [-0.39, 0.29) is 23.0 Å². The Bertz CT molecular complexity index is 1470. The second kappa shape index (κ2) is 10.1. The number of nitrogens with one attached hydrogen (secondary N) is 1. The lowest BCUT2D eigenvalue weighted by Crippen LogP contribution is -2.24. The average molecular weight is 505 g/mol. The number of aromatic nitrogens is 2. The molecule has 2 aromatic carbocycles. The molecule has 0 saturated heterocycles. The minimum atomic E-state index is -0.299. The van der Waals surface area contributed by atoms with E-state index in [0.29, 0.717) is 10.9 Å². The fraction of sp³-hybridized carbons (Fsp3) is 0.231. The highest BCUT2D eigenvalue weighted by Gasteiger charge is 2.23. The molecule has 2 aromatic heterocycles. The molecule has 1 aliphatic rings. The minimum Gasteiger partial charge on any atom is -0.508 e. The zero-order valence-corrected chi connectivity index (χ0v) is 20.8. The lowest BCUT2D eigenvalue weighted by Gasteiger charge is -2.13. The molecule has 0 atom stereocenters. The number of carbonyl (C=O) groups excluding carboxylic acids is 1. The van der Waals surface area contributed by atoms with E-state index < -0.39 is 0 Å². The highest BCUT2D eigenvalue weighted by Crippen LogP contribution is 2.35. The number of rotatable bonds is 6. The van der Waals surface area contributed by atoms with Crippen LogP contribution >= 0.6 is 23.1 Å². The van der Waals surface area contributed by atoms with Gasteiger partial charge in [-0.2, -0.15) is 5.10 Å². The van der Waals surface area contributed by atoms with Crippen LogP contribution in [-0.4, -0.2) is 32.0 Å². The van der Waals surface area contributed by atoms with E-state index in [0.717, 1.165) is 52.7 Å². The number of thioether (sulfide) groups is 1. The van der Waals surface area contributed by atoms with Crippen molar-refractivity contribution in [2.24, 2.45) is 5.10 Å². The number of aryl methyl sites for hydroxylation is 2. The molecule has 0 saturated carbocycles. The van der Waals surface area contributed by atoms with E-state index in [1.807, 2.05) is 30.3 Å². The van der Waals surface area contributed by atoms with Crippen LogP contribution in [0, 0.1) is 0 Å². The first kappa shape index (κ1) is 23.3. The smallest absolute Gasteiger partial charge is 0.267 e. The number of hydrogen-bond donors (Lipinski definition) is 2. The second-order valence-electron chi connectivity index (χ2n) is 8.33. The van der Waals surface area contributed by atoms with Gasteiger partial charge in [0.1, 0.15) is 10.6 Å². The Morgan fingerprint density at radius 1 is 1.14 bits per heavy atom. The maximum atomic E-state index is 13.7. The lowest BCUT2D eigenvalue weighted by atomic mass is 9.97. The average Bonchev–Trinajstić information content (AvgIpc) is 3.25. The molecular formula is C26H24N4O3S2. The number of phenols is 1. The third kappa shape index (κ3) is 4.87. The Hall–Kier alpha value is -3.43. The van der Waals surface area contributed by atoms with Crippen LogP contribution in [0.3, 0.4) is 0 Å². The molecule has 7 nitrogen and oxygen atoms in total. The summed E-state index contributed by atoms with van der Waals surface area (Å²) in [5.41, 5.74) is 5.78. The predicted octanol–water partition coefficient (Wildman–Crippen LogP) is 4.66. The van der Waals surface area contributed by atoms with Crippen LogP contribution in [0.5, 0.6) is 5.75 Å². The monoisotopic (exact) mass is 504 g/mol. The fourth-order valence-electron chi connectivity index (χ4n) is 4.16. The van der Waals surface area contributed by atoms with Crippen LogP contribution in [0.4, 0.5) is 0 Å². The van der Waals surface area contributed by atoms with Gasteiger partial charge in [0, 0.05) is 4.88 Å². The van der Waals surface area contributed by atoms with Crippen LogP contribution in [0.15, 0.2) is 69.6 Å². The number of para-hydroxylation sites is 1. The quantitative estimate of drug-likeness (QED) is 0.172. The zero-order chi connectivity index (χ0) is 24.4. The summed E-state index contributed by atoms with van der Waals surface area (Å²) < 4.78 is 1.62. The number of carbonyl (C=O) groups is 1. The number of hydrogen-bond acceptors (Lipinski definition) is 7. The van der Waals surface area contributed by atoms with Gasteiger partial charge in [0.05, 0.1) is 22.5 Å². The number of aromatic hydroxyl groups is 1. The fourth-order valence-corrected chi connectivity index (χ4v) is 6.27. The Labute approximate surface area is 210 Å². The van der Waals surface area contributed by atoms with Gasteiger partial charge in [-0.05, 0) is 80.1 Å². The molecule has 0 radical (unpaired) electrons. The Morgan fingerprint density at radius 2 is 1.89 bits per heavy atom. The summed E-state index contributed by atoms with van der Waals surface area (Å²) in [4.78, 5) is 33.1. The van der Waals surface area contributed by atoms with Crippen LogP contribution < -0.4 is 11.0 Å². The largest absolute Gasteiger partial charge is 0.508 e. The van der Waals surface area contributed by atoms with Crippen LogP contribution in [0.25, 0.3) is 15.9 Å². The summed E-state index contributed by atoms with van der Waals surface area (Å²) in [7, 11) is 0. The van der Waals surface area contributed by atoms with Gasteiger partial charge in [-0.1, -0.05) is 30.0 Å². The van der Waals surface area contributed by atoms with Gasteiger partial charge >= 0.3 is 0 Å². The number of phenolic OH excluding ortho intramolecular Hbond substituents is 1. The molecule has 35 heavy (non-hydrogen) atoms. The van der Waals surface area contributed by atoms with Gasteiger partial charge in [-0.15, -0.1) is 11.3 Å². The van der Waals surface area contributed by atoms with Crippen molar-refractivity contribution in [1.29, 1.82) is 0 Å². The second-order valence-corrected chi connectivity index (χ2v) is 10.4. The lowest BCUT2D eigenvalue weighted by molar-refractivity contribution is -0.118. The molecule has 0 bridgehead atoms.